The summed E-state index contributed by atoms with van der Waals surface area (Å²) >= 11 is 0.859. The molecule has 3 aromatic rings. The van der Waals surface area contributed by atoms with E-state index < -0.39 is 4.92 Å². The Hall–Kier alpha value is -2.99. The summed E-state index contributed by atoms with van der Waals surface area (Å²) in [6.07, 6.45) is 0. The van der Waals surface area contributed by atoms with Gasteiger partial charge in [-0.3, -0.25) is 14.9 Å². The molecule has 0 saturated carbocycles. The summed E-state index contributed by atoms with van der Waals surface area (Å²) in [5.74, 6) is -0.355. The maximum Gasteiger partial charge on any atom is 0.324 e. The lowest BCUT2D eigenvalue weighted by Crippen LogP contribution is -2.10. The molecule has 1 N–H and O–H groups in total. The van der Waals surface area contributed by atoms with Gasteiger partial charge in [0.1, 0.15) is 0 Å². The second-order valence-electron chi connectivity index (χ2n) is 4.76. The average Bonchev–Trinajstić information content (AvgIpc) is 3.07. The van der Waals surface area contributed by atoms with Crippen LogP contribution in [0.15, 0.2) is 66.7 Å². The van der Waals surface area contributed by atoms with E-state index in [4.69, 9.17) is 0 Å². The van der Waals surface area contributed by atoms with Gasteiger partial charge in [0.05, 0.1) is 9.80 Å². The molecule has 0 saturated heterocycles. The third kappa shape index (κ3) is 3.27. The third-order valence-electron chi connectivity index (χ3n) is 3.26. The minimum atomic E-state index is -0.501. The van der Waals surface area contributed by atoms with Crippen LogP contribution in [0.4, 0.5) is 10.7 Å². The topological polar surface area (TPSA) is 72.2 Å². The monoisotopic (exact) mass is 324 g/mol. The Labute approximate surface area is 136 Å². The van der Waals surface area contributed by atoms with Crippen LogP contribution in [0.25, 0.3) is 11.1 Å². The molecular weight excluding hydrogens is 312 g/mol. The van der Waals surface area contributed by atoms with Crippen molar-refractivity contribution < 1.29 is 9.72 Å². The first-order valence-corrected chi connectivity index (χ1v) is 7.67. The number of hydrogen-bond donors (Lipinski definition) is 1. The number of benzene rings is 2. The normalized spacial score (nSPS) is 10.3. The van der Waals surface area contributed by atoms with Crippen molar-refractivity contribution in [3.8, 4) is 11.1 Å². The van der Waals surface area contributed by atoms with Gasteiger partial charge in [0, 0.05) is 17.3 Å². The first-order valence-electron chi connectivity index (χ1n) is 6.85. The number of carbonyl (C=O) groups excluding carboxylic acids is 1. The summed E-state index contributed by atoms with van der Waals surface area (Å²) in [6.45, 7) is 0. The van der Waals surface area contributed by atoms with E-state index in [1.54, 1.807) is 0 Å². The zero-order chi connectivity index (χ0) is 16.2. The molecule has 2 aromatic carbocycles. The van der Waals surface area contributed by atoms with Crippen LogP contribution < -0.4 is 5.32 Å². The van der Waals surface area contributed by atoms with Gasteiger partial charge >= 0.3 is 5.00 Å². The molecule has 1 aromatic heterocycles. The predicted molar refractivity (Wildman–Crippen MR) is 90.8 cm³/mol. The van der Waals surface area contributed by atoms with Crippen molar-refractivity contribution in [2.24, 2.45) is 0 Å². The van der Waals surface area contributed by atoms with E-state index >= 15 is 0 Å². The number of rotatable bonds is 4. The molecule has 1 heterocycles. The number of para-hydroxylation sites is 1. The van der Waals surface area contributed by atoms with Crippen molar-refractivity contribution in [2.75, 3.05) is 5.32 Å². The Morgan fingerprint density at radius 2 is 1.65 bits per heavy atom. The molecule has 0 fully saturated rings. The van der Waals surface area contributed by atoms with Crippen molar-refractivity contribution in [1.82, 2.24) is 0 Å². The number of nitro groups is 1. The molecule has 0 aliphatic heterocycles. The minimum absolute atomic E-state index is 0.0495. The number of amides is 1. The summed E-state index contributed by atoms with van der Waals surface area (Å²) in [5, 5.41) is 13.5. The fourth-order valence-corrected chi connectivity index (χ4v) is 2.91. The Kier molecular flexibility index (Phi) is 4.16. The highest BCUT2D eigenvalue weighted by Gasteiger charge is 2.16. The highest BCUT2D eigenvalue weighted by atomic mass is 32.1. The van der Waals surface area contributed by atoms with E-state index in [0.29, 0.717) is 10.6 Å². The molecule has 3 rings (SSSR count). The third-order valence-corrected chi connectivity index (χ3v) is 4.29. The maximum atomic E-state index is 12.3. The van der Waals surface area contributed by atoms with Crippen molar-refractivity contribution in [1.29, 1.82) is 0 Å². The van der Waals surface area contributed by atoms with E-state index in [1.165, 1.54) is 12.1 Å². The number of anilines is 1. The van der Waals surface area contributed by atoms with Crippen LogP contribution >= 0.6 is 11.3 Å². The zero-order valence-corrected chi connectivity index (χ0v) is 12.7. The van der Waals surface area contributed by atoms with Gasteiger partial charge in [-0.2, -0.15) is 0 Å². The van der Waals surface area contributed by atoms with Gasteiger partial charge in [-0.05, 0) is 17.7 Å². The quantitative estimate of drug-likeness (QED) is 0.564. The van der Waals surface area contributed by atoms with Gasteiger partial charge in [-0.15, -0.1) is 0 Å². The van der Waals surface area contributed by atoms with Gasteiger partial charge in [-0.25, -0.2) is 0 Å². The van der Waals surface area contributed by atoms with Crippen LogP contribution in [0.1, 0.15) is 9.67 Å². The molecule has 23 heavy (non-hydrogen) atoms. The summed E-state index contributed by atoms with van der Waals surface area (Å²) in [5.41, 5.74) is 2.55. The SMILES string of the molecule is O=C(Nc1ccccc1-c1ccccc1)c1ccc([N+](=O)[O-])s1. The standard InChI is InChI=1S/C17H12N2O3S/c20-17(15-10-11-16(23-15)19(21)22)18-14-9-5-4-8-13(14)12-6-2-1-3-7-12/h1-11H,(H,18,20). The summed E-state index contributed by atoms with van der Waals surface area (Å²) in [4.78, 5) is 22.8. The van der Waals surface area contributed by atoms with E-state index in [2.05, 4.69) is 5.32 Å². The summed E-state index contributed by atoms with van der Waals surface area (Å²) in [6, 6.07) is 20.0. The summed E-state index contributed by atoms with van der Waals surface area (Å²) < 4.78 is 0. The molecule has 0 bridgehead atoms. The van der Waals surface area contributed by atoms with E-state index in [9.17, 15) is 14.9 Å². The smallest absolute Gasteiger partial charge is 0.321 e. The average molecular weight is 324 g/mol. The van der Waals surface area contributed by atoms with Crippen LogP contribution in [0, 0.1) is 10.1 Å². The Balaban J connectivity index is 1.88. The van der Waals surface area contributed by atoms with Crippen molar-refractivity contribution >= 4 is 27.9 Å². The number of nitrogens with zero attached hydrogens (tertiary/aromatic N) is 1. The largest absolute Gasteiger partial charge is 0.324 e. The molecule has 5 nitrogen and oxygen atoms in total. The Morgan fingerprint density at radius 1 is 0.957 bits per heavy atom. The van der Waals surface area contributed by atoms with Crippen LogP contribution in [0.2, 0.25) is 0 Å². The lowest BCUT2D eigenvalue weighted by molar-refractivity contribution is -0.380. The molecular formula is C17H12N2O3S. The summed E-state index contributed by atoms with van der Waals surface area (Å²) in [7, 11) is 0. The molecule has 6 heteroatoms. The highest BCUT2D eigenvalue weighted by molar-refractivity contribution is 7.17. The molecule has 0 unspecified atom stereocenters. The van der Waals surface area contributed by atoms with Crippen LogP contribution in [-0.2, 0) is 0 Å². The van der Waals surface area contributed by atoms with Crippen LogP contribution in [0.3, 0.4) is 0 Å². The first kappa shape index (κ1) is 14.9. The van der Waals surface area contributed by atoms with Gasteiger partial charge in [0.2, 0.25) is 0 Å². The van der Waals surface area contributed by atoms with Crippen LogP contribution in [0.5, 0.6) is 0 Å². The van der Waals surface area contributed by atoms with Gasteiger partial charge in [0.25, 0.3) is 5.91 Å². The zero-order valence-electron chi connectivity index (χ0n) is 11.9. The molecule has 0 radical (unpaired) electrons. The molecule has 114 valence electrons. The van der Waals surface area contributed by atoms with E-state index in [0.717, 1.165) is 22.5 Å². The van der Waals surface area contributed by atoms with E-state index in [-0.39, 0.29) is 10.9 Å². The number of nitrogens with one attached hydrogen (secondary N) is 1. The van der Waals surface area contributed by atoms with Gasteiger partial charge in [-0.1, -0.05) is 59.9 Å². The second-order valence-corrected chi connectivity index (χ2v) is 5.82. The fraction of sp³-hybridized carbons (Fsp3) is 0. The Bertz CT molecular complexity index is 859. The second kappa shape index (κ2) is 6.41. The molecule has 0 aliphatic carbocycles. The fourth-order valence-electron chi connectivity index (χ4n) is 2.19. The van der Waals surface area contributed by atoms with E-state index in [1.807, 2.05) is 54.6 Å². The lowest BCUT2D eigenvalue weighted by Gasteiger charge is -2.10. The first-order chi connectivity index (χ1) is 11.1. The molecule has 0 aliphatic rings. The van der Waals surface area contributed by atoms with Gasteiger partial charge in [0.15, 0.2) is 0 Å². The lowest BCUT2D eigenvalue weighted by atomic mass is 10.0. The van der Waals surface area contributed by atoms with Gasteiger partial charge < -0.3 is 5.32 Å². The Morgan fingerprint density at radius 3 is 2.35 bits per heavy atom. The molecule has 1 amide bonds. The molecule has 0 atom stereocenters. The highest BCUT2D eigenvalue weighted by Crippen LogP contribution is 2.29. The number of hydrogen-bond acceptors (Lipinski definition) is 4. The predicted octanol–water partition coefficient (Wildman–Crippen LogP) is 4.58. The van der Waals surface area contributed by atoms with Crippen molar-refractivity contribution in [3.05, 3.63) is 81.7 Å². The van der Waals surface area contributed by atoms with Crippen molar-refractivity contribution in [2.45, 2.75) is 0 Å². The van der Waals surface area contributed by atoms with Crippen LogP contribution in [-0.4, -0.2) is 10.8 Å². The maximum absolute atomic E-state index is 12.3. The number of carbonyl (C=O) groups is 1. The number of thiophene rings is 1. The molecule has 0 spiro atoms. The minimum Gasteiger partial charge on any atom is -0.321 e. The van der Waals surface area contributed by atoms with Crippen molar-refractivity contribution in [3.63, 3.8) is 0 Å².